The van der Waals surface area contributed by atoms with Crippen molar-refractivity contribution in [3.63, 3.8) is 0 Å². The van der Waals surface area contributed by atoms with Crippen LogP contribution in [0.4, 0.5) is 0 Å². The maximum atomic E-state index is 11.6. The Labute approximate surface area is 105 Å². The molecule has 2 heterocycles. The SMILES string of the molecule is O=c1cc(CN2CC(CO)C2)c2ccccc2[nH]1. The number of aromatic nitrogens is 1. The van der Waals surface area contributed by atoms with Gasteiger partial charge in [0.15, 0.2) is 0 Å². The lowest BCUT2D eigenvalue weighted by molar-refractivity contribution is 0.0482. The number of hydrogen-bond donors (Lipinski definition) is 2. The van der Waals surface area contributed by atoms with Crippen molar-refractivity contribution in [2.45, 2.75) is 6.54 Å². The molecule has 0 atom stereocenters. The highest BCUT2D eigenvalue weighted by atomic mass is 16.3. The number of aliphatic hydroxyl groups is 1. The predicted octanol–water partition coefficient (Wildman–Crippen LogP) is 0.952. The van der Waals surface area contributed by atoms with Crippen LogP contribution in [-0.2, 0) is 6.54 Å². The van der Waals surface area contributed by atoms with Gasteiger partial charge in [-0.15, -0.1) is 0 Å². The summed E-state index contributed by atoms with van der Waals surface area (Å²) in [6, 6.07) is 9.54. The van der Waals surface area contributed by atoms with Gasteiger partial charge in [-0.1, -0.05) is 18.2 Å². The Morgan fingerprint density at radius 2 is 2.11 bits per heavy atom. The van der Waals surface area contributed by atoms with Gasteiger partial charge >= 0.3 is 0 Å². The zero-order chi connectivity index (χ0) is 12.5. The monoisotopic (exact) mass is 244 g/mol. The molecular formula is C14H16N2O2. The minimum atomic E-state index is -0.0528. The van der Waals surface area contributed by atoms with Crippen molar-refractivity contribution in [1.82, 2.24) is 9.88 Å². The number of fused-ring (bicyclic) bond motifs is 1. The Morgan fingerprint density at radius 1 is 1.33 bits per heavy atom. The fourth-order valence-electron chi connectivity index (χ4n) is 2.57. The Bertz CT molecular complexity index is 614. The largest absolute Gasteiger partial charge is 0.396 e. The van der Waals surface area contributed by atoms with Crippen LogP contribution in [0.1, 0.15) is 5.56 Å². The number of benzene rings is 1. The van der Waals surface area contributed by atoms with E-state index in [4.69, 9.17) is 5.11 Å². The van der Waals surface area contributed by atoms with Crippen LogP contribution >= 0.6 is 0 Å². The van der Waals surface area contributed by atoms with Gasteiger partial charge in [0.05, 0.1) is 0 Å². The maximum absolute atomic E-state index is 11.6. The molecule has 4 nitrogen and oxygen atoms in total. The van der Waals surface area contributed by atoms with Crippen molar-refractivity contribution in [3.05, 3.63) is 46.2 Å². The molecule has 3 rings (SSSR count). The summed E-state index contributed by atoms with van der Waals surface area (Å²) in [6.07, 6.45) is 0. The van der Waals surface area contributed by atoms with E-state index in [1.165, 1.54) is 0 Å². The molecule has 1 aromatic carbocycles. The quantitative estimate of drug-likeness (QED) is 0.845. The van der Waals surface area contributed by atoms with E-state index in [9.17, 15) is 4.79 Å². The first-order valence-electron chi connectivity index (χ1n) is 6.20. The van der Waals surface area contributed by atoms with E-state index in [-0.39, 0.29) is 12.2 Å². The number of pyridine rings is 1. The maximum Gasteiger partial charge on any atom is 0.248 e. The smallest absolute Gasteiger partial charge is 0.248 e. The van der Waals surface area contributed by atoms with E-state index in [1.807, 2.05) is 24.3 Å². The third-order valence-electron chi connectivity index (χ3n) is 3.52. The summed E-state index contributed by atoms with van der Waals surface area (Å²) in [5, 5.41) is 10.1. The van der Waals surface area contributed by atoms with Crippen molar-refractivity contribution in [1.29, 1.82) is 0 Å². The summed E-state index contributed by atoms with van der Waals surface area (Å²) in [5.74, 6) is 0.401. The van der Waals surface area contributed by atoms with Crippen LogP contribution in [0.5, 0.6) is 0 Å². The fourth-order valence-corrected chi connectivity index (χ4v) is 2.57. The first kappa shape index (κ1) is 11.4. The molecule has 2 aromatic rings. The first-order chi connectivity index (χ1) is 8.76. The average molecular weight is 244 g/mol. The van der Waals surface area contributed by atoms with Gasteiger partial charge in [0.2, 0.25) is 5.56 Å². The van der Waals surface area contributed by atoms with E-state index in [1.54, 1.807) is 6.07 Å². The number of H-pyrrole nitrogens is 1. The van der Waals surface area contributed by atoms with E-state index in [0.717, 1.165) is 36.1 Å². The molecular weight excluding hydrogens is 228 g/mol. The highest BCUT2D eigenvalue weighted by Crippen LogP contribution is 2.21. The first-order valence-corrected chi connectivity index (χ1v) is 6.20. The van der Waals surface area contributed by atoms with Crippen LogP contribution in [0.3, 0.4) is 0 Å². The predicted molar refractivity (Wildman–Crippen MR) is 70.4 cm³/mol. The molecule has 94 valence electrons. The highest BCUT2D eigenvalue weighted by molar-refractivity contribution is 5.81. The Hall–Kier alpha value is -1.65. The lowest BCUT2D eigenvalue weighted by Gasteiger charge is -2.38. The summed E-state index contributed by atoms with van der Waals surface area (Å²) in [7, 11) is 0. The van der Waals surface area contributed by atoms with Crippen LogP contribution in [0.15, 0.2) is 35.1 Å². The normalized spacial score (nSPS) is 16.9. The van der Waals surface area contributed by atoms with Crippen LogP contribution in [0.2, 0.25) is 0 Å². The zero-order valence-corrected chi connectivity index (χ0v) is 10.1. The van der Waals surface area contributed by atoms with Gasteiger partial charge in [0, 0.05) is 49.1 Å². The molecule has 1 saturated heterocycles. The average Bonchev–Trinajstić information content (AvgIpc) is 2.32. The van der Waals surface area contributed by atoms with E-state index in [2.05, 4.69) is 9.88 Å². The van der Waals surface area contributed by atoms with Crippen molar-refractivity contribution < 1.29 is 5.11 Å². The molecule has 0 bridgehead atoms. The minimum absolute atomic E-state index is 0.0528. The number of hydrogen-bond acceptors (Lipinski definition) is 3. The summed E-state index contributed by atoms with van der Waals surface area (Å²) in [5.41, 5.74) is 1.90. The van der Waals surface area contributed by atoms with Gasteiger partial charge in [-0.05, 0) is 11.6 Å². The number of likely N-dealkylation sites (tertiary alicyclic amines) is 1. The molecule has 0 spiro atoms. The van der Waals surface area contributed by atoms with Crippen molar-refractivity contribution in [2.75, 3.05) is 19.7 Å². The molecule has 2 N–H and O–H groups in total. The van der Waals surface area contributed by atoms with E-state index >= 15 is 0 Å². The van der Waals surface area contributed by atoms with Crippen LogP contribution in [0, 0.1) is 5.92 Å². The second kappa shape index (κ2) is 4.55. The molecule has 1 aliphatic rings. The molecule has 4 heteroatoms. The Morgan fingerprint density at radius 3 is 2.89 bits per heavy atom. The number of rotatable bonds is 3. The van der Waals surface area contributed by atoms with Gasteiger partial charge in [-0.25, -0.2) is 0 Å². The summed E-state index contributed by atoms with van der Waals surface area (Å²) < 4.78 is 0. The Kier molecular flexibility index (Phi) is 2.89. The van der Waals surface area contributed by atoms with Gasteiger partial charge in [-0.3, -0.25) is 9.69 Å². The second-order valence-corrected chi connectivity index (χ2v) is 4.95. The molecule has 0 radical (unpaired) electrons. The van der Waals surface area contributed by atoms with Crippen LogP contribution in [-0.4, -0.2) is 34.7 Å². The van der Waals surface area contributed by atoms with E-state index < -0.39 is 0 Å². The lowest BCUT2D eigenvalue weighted by atomic mass is 9.99. The third-order valence-corrected chi connectivity index (χ3v) is 3.52. The number of nitrogens with one attached hydrogen (secondary N) is 1. The molecule has 0 amide bonds. The summed E-state index contributed by atoms with van der Waals surface area (Å²) in [6.45, 7) is 2.86. The number of para-hydroxylation sites is 1. The number of nitrogens with zero attached hydrogens (tertiary/aromatic N) is 1. The zero-order valence-electron chi connectivity index (χ0n) is 10.1. The van der Waals surface area contributed by atoms with Crippen LogP contribution in [0.25, 0.3) is 10.9 Å². The molecule has 18 heavy (non-hydrogen) atoms. The Balaban J connectivity index is 1.89. The van der Waals surface area contributed by atoms with Gasteiger partial charge in [0.25, 0.3) is 0 Å². The number of aromatic amines is 1. The van der Waals surface area contributed by atoms with Gasteiger partial charge in [-0.2, -0.15) is 0 Å². The second-order valence-electron chi connectivity index (χ2n) is 4.95. The summed E-state index contributed by atoms with van der Waals surface area (Å²) >= 11 is 0. The highest BCUT2D eigenvalue weighted by Gasteiger charge is 2.26. The molecule has 0 aliphatic carbocycles. The van der Waals surface area contributed by atoms with Gasteiger partial charge < -0.3 is 10.1 Å². The van der Waals surface area contributed by atoms with Crippen molar-refractivity contribution in [3.8, 4) is 0 Å². The molecule has 0 unspecified atom stereocenters. The molecule has 0 saturated carbocycles. The topological polar surface area (TPSA) is 56.3 Å². The minimum Gasteiger partial charge on any atom is -0.396 e. The fraction of sp³-hybridized carbons (Fsp3) is 0.357. The lowest BCUT2D eigenvalue weighted by Crippen LogP contribution is -2.47. The molecule has 1 aromatic heterocycles. The van der Waals surface area contributed by atoms with Gasteiger partial charge in [0.1, 0.15) is 0 Å². The standard InChI is InChI=1S/C14H16N2O2/c17-9-10-6-16(7-10)8-11-5-14(18)15-13-4-2-1-3-12(11)13/h1-5,10,17H,6-9H2,(H,15,18). The molecule has 1 fully saturated rings. The van der Waals surface area contributed by atoms with E-state index in [0.29, 0.717) is 5.92 Å². The van der Waals surface area contributed by atoms with Crippen molar-refractivity contribution >= 4 is 10.9 Å². The number of aliphatic hydroxyl groups excluding tert-OH is 1. The van der Waals surface area contributed by atoms with Crippen molar-refractivity contribution in [2.24, 2.45) is 5.92 Å². The summed E-state index contributed by atoms with van der Waals surface area (Å²) in [4.78, 5) is 16.7. The molecule has 1 aliphatic heterocycles. The van der Waals surface area contributed by atoms with Crippen LogP contribution < -0.4 is 5.56 Å². The third kappa shape index (κ3) is 2.05.